The lowest BCUT2D eigenvalue weighted by molar-refractivity contribution is -0.124. The standard InChI is InChI=1S/C18H21N3O3S/c1-3-9-19-18-21-15(12-25-18)17(23)24-11-16(22)20-10-13(2)14-7-5-4-6-8-14/h3-8,12-13H,1,9-11H2,2H3,(H,19,21)(H,20,22)/t13-/m1/s1. The van der Waals surface area contributed by atoms with Crippen molar-refractivity contribution >= 4 is 28.3 Å². The number of carbonyl (C=O) groups is 2. The second-order valence-electron chi connectivity index (χ2n) is 5.40. The topological polar surface area (TPSA) is 80.3 Å². The van der Waals surface area contributed by atoms with Gasteiger partial charge in [-0.3, -0.25) is 4.79 Å². The Morgan fingerprint density at radius 3 is 2.84 bits per heavy atom. The first-order chi connectivity index (χ1) is 12.1. The molecule has 0 fully saturated rings. The molecule has 0 unspecified atom stereocenters. The Bertz CT molecular complexity index is 715. The number of nitrogens with one attached hydrogen (secondary N) is 2. The van der Waals surface area contributed by atoms with Crippen LogP contribution in [0.3, 0.4) is 0 Å². The molecule has 2 rings (SSSR count). The highest BCUT2D eigenvalue weighted by Crippen LogP contribution is 2.16. The van der Waals surface area contributed by atoms with Crippen LogP contribution in [0.25, 0.3) is 0 Å². The van der Waals surface area contributed by atoms with Crippen molar-refractivity contribution in [3.05, 3.63) is 59.6 Å². The number of benzene rings is 1. The number of carbonyl (C=O) groups excluding carboxylic acids is 2. The number of thiazole rings is 1. The van der Waals surface area contributed by atoms with E-state index in [-0.39, 0.29) is 24.1 Å². The molecule has 0 spiro atoms. The summed E-state index contributed by atoms with van der Waals surface area (Å²) in [5.41, 5.74) is 1.32. The molecule has 1 atom stereocenters. The first kappa shape index (κ1) is 18.7. The Kier molecular flexibility index (Phi) is 7.16. The molecule has 1 aromatic carbocycles. The van der Waals surface area contributed by atoms with Gasteiger partial charge in [-0.1, -0.05) is 43.3 Å². The molecule has 1 amide bonds. The van der Waals surface area contributed by atoms with Crippen LogP contribution in [0.1, 0.15) is 28.9 Å². The van der Waals surface area contributed by atoms with Gasteiger partial charge in [0.15, 0.2) is 17.4 Å². The van der Waals surface area contributed by atoms with E-state index < -0.39 is 5.97 Å². The maximum atomic E-state index is 11.9. The zero-order valence-electron chi connectivity index (χ0n) is 14.0. The lowest BCUT2D eigenvalue weighted by Crippen LogP contribution is -2.31. The Morgan fingerprint density at radius 1 is 1.36 bits per heavy atom. The second-order valence-corrected chi connectivity index (χ2v) is 6.26. The quantitative estimate of drug-likeness (QED) is 0.532. The van der Waals surface area contributed by atoms with Crippen molar-refractivity contribution in [1.82, 2.24) is 10.3 Å². The summed E-state index contributed by atoms with van der Waals surface area (Å²) in [6.07, 6.45) is 1.69. The number of nitrogens with zero attached hydrogens (tertiary/aromatic N) is 1. The predicted molar refractivity (Wildman–Crippen MR) is 98.9 cm³/mol. The number of esters is 1. The van der Waals surface area contributed by atoms with E-state index in [0.717, 1.165) is 5.56 Å². The van der Waals surface area contributed by atoms with Crippen LogP contribution in [-0.4, -0.2) is 36.6 Å². The van der Waals surface area contributed by atoms with Crippen molar-refractivity contribution in [2.45, 2.75) is 12.8 Å². The number of amides is 1. The van der Waals surface area contributed by atoms with Crippen molar-refractivity contribution in [3.63, 3.8) is 0 Å². The first-order valence-corrected chi connectivity index (χ1v) is 8.77. The molecular weight excluding hydrogens is 338 g/mol. The highest BCUT2D eigenvalue weighted by molar-refractivity contribution is 7.13. The van der Waals surface area contributed by atoms with Crippen molar-refractivity contribution < 1.29 is 14.3 Å². The largest absolute Gasteiger partial charge is 0.451 e. The molecule has 0 saturated carbocycles. The SMILES string of the molecule is C=CCNc1nc(C(=O)OCC(=O)NC[C@@H](C)c2ccccc2)cs1. The van der Waals surface area contributed by atoms with Gasteiger partial charge < -0.3 is 15.4 Å². The van der Waals surface area contributed by atoms with Crippen LogP contribution in [0.2, 0.25) is 0 Å². The Morgan fingerprint density at radius 2 is 2.12 bits per heavy atom. The van der Waals surface area contributed by atoms with Crippen LogP contribution >= 0.6 is 11.3 Å². The van der Waals surface area contributed by atoms with Crippen LogP contribution in [-0.2, 0) is 9.53 Å². The summed E-state index contributed by atoms with van der Waals surface area (Å²) in [5.74, 6) is -0.775. The third kappa shape index (κ3) is 6.04. The molecule has 0 saturated heterocycles. The smallest absolute Gasteiger partial charge is 0.358 e. The molecule has 2 N–H and O–H groups in total. The van der Waals surface area contributed by atoms with Gasteiger partial charge in [0.2, 0.25) is 0 Å². The van der Waals surface area contributed by atoms with Crippen molar-refractivity contribution in [2.24, 2.45) is 0 Å². The summed E-state index contributed by atoms with van der Waals surface area (Å²) in [7, 11) is 0. The van der Waals surface area contributed by atoms with Crippen LogP contribution in [0.4, 0.5) is 5.13 Å². The van der Waals surface area contributed by atoms with Gasteiger partial charge in [-0.2, -0.15) is 0 Å². The van der Waals surface area contributed by atoms with E-state index in [4.69, 9.17) is 4.74 Å². The molecule has 2 aromatic rings. The summed E-state index contributed by atoms with van der Waals surface area (Å²) in [5, 5.41) is 7.94. The van der Waals surface area contributed by atoms with E-state index in [9.17, 15) is 9.59 Å². The molecule has 0 aliphatic heterocycles. The Labute approximate surface area is 150 Å². The zero-order valence-corrected chi connectivity index (χ0v) is 14.8. The number of aromatic nitrogens is 1. The van der Waals surface area contributed by atoms with Crippen molar-refractivity contribution in [2.75, 3.05) is 25.0 Å². The predicted octanol–water partition coefficient (Wildman–Crippen LogP) is 2.82. The molecule has 132 valence electrons. The molecule has 1 aromatic heterocycles. The normalized spacial score (nSPS) is 11.4. The maximum Gasteiger partial charge on any atom is 0.358 e. The van der Waals surface area contributed by atoms with Gasteiger partial charge >= 0.3 is 5.97 Å². The molecule has 7 heteroatoms. The van der Waals surface area contributed by atoms with E-state index in [1.54, 1.807) is 11.5 Å². The van der Waals surface area contributed by atoms with Crippen molar-refractivity contribution in [3.8, 4) is 0 Å². The van der Waals surface area contributed by atoms with Gasteiger partial charge in [0.05, 0.1) is 0 Å². The van der Waals surface area contributed by atoms with Gasteiger partial charge in [-0.15, -0.1) is 17.9 Å². The minimum atomic E-state index is -0.617. The van der Waals surface area contributed by atoms with Crippen LogP contribution in [0.15, 0.2) is 48.4 Å². The Hall–Kier alpha value is -2.67. The summed E-state index contributed by atoms with van der Waals surface area (Å²) < 4.78 is 4.99. The van der Waals surface area contributed by atoms with Crippen molar-refractivity contribution in [1.29, 1.82) is 0 Å². The lowest BCUT2D eigenvalue weighted by Gasteiger charge is -2.13. The number of anilines is 1. The number of rotatable bonds is 9. The molecule has 0 radical (unpaired) electrons. The first-order valence-electron chi connectivity index (χ1n) is 7.89. The fourth-order valence-corrected chi connectivity index (χ4v) is 2.72. The van der Waals surface area contributed by atoms with E-state index >= 15 is 0 Å². The molecular formula is C18H21N3O3S. The number of ether oxygens (including phenoxy) is 1. The van der Waals surface area contributed by atoms with Gasteiger partial charge in [0, 0.05) is 18.5 Å². The van der Waals surface area contributed by atoms with Crippen LogP contribution in [0, 0.1) is 0 Å². The number of hydrogen-bond donors (Lipinski definition) is 2. The van der Waals surface area contributed by atoms with Gasteiger partial charge in [-0.05, 0) is 11.5 Å². The third-order valence-electron chi connectivity index (χ3n) is 3.42. The van der Waals surface area contributed by atoms with E-state index in [2.05, 4.69) is 22.2 Å². The van der Waals surface area contributed by atoms with E-state index in [0.29, 0.717) is 18.2 Å². The monoisotopic (exact) mass is 359 g/mol. The summed E-state index contributed by atoms with van der Waals surface area (Å²) in [6, 6.07) is 9.89. The Balaban J connectivity index is 1.73. The second kappa shape index (κ2) is 9.58. The molecule has 25 heavy (non-hydrogen) atoms. The minimum Gasteiger partial charge on any atom is -0.451 e. The summed E-state index contributed by atoms with van der Waals surface area (Å²) >= 11 is 1.29. The lowest BCUT2D eigenvalue weighted by atomic mass is 10.0. The molecule has 0 bridgehead atoms. The fraction of sp³-hybridized carbons (Fsp3) is 0.278. The molecule has 0 aliphatic rings. The zero-order chi connectivity index (χ0) is 18.1. The molecule has 6 nitrogen and oxygen atoms in total. The van der Waals surface area contributed by atoms with Gasteiger partial charge in [0.1, 0.15) is 0 Å². The molecule has 1 heterocycles. The van der Waals surface area contributed by atoms with Gasteiger partial charge in [-0.25, -0.2) is 9.78 Å². The van der Waals surface area contributed by atoms with E-state index in [1.807, 2.05) is 37.3 Å². The fourth-order valence-electron chi connectivity index (χ4n) is 2.03. The third-order valence-corrected chi connectivity index (χ3v) is 4.22. The average Bonchev–Trinajstić information content (AvgIpc) is 3.12. The van der Waals surface area contributed by atoms with Gasteiger partial charge in [0.25, 0.3) is 5.91 Å². The van der Waals surface area contributed by atoms with Crippen LogP contribution in [0.5, 0.6) is 0 Å². The minimum absolute atomic E-state index is 0.179. The van der Waals surface area contributed by atoms with E-state index in [1.165, 1.54) is 11.3 Å². The average molecular weight is 359 g/mol. The summed E-state index contributed by atoms with van der Waals surface area (Å²) in [4.78, 5) is 27.8. The number of hydrogen-bond acceptors (Lipinski definition) is 6. The maximum absolute atomic E-state index is 11.9. The highest BCUT2D eigenvalue weighted by Gasteiger charge is 2.14. The molecule has 0 aliphatic carbocycles. The highest BCUT2D eigenvalue weighted by atomic mass is 32.1. The van der Waals surface area contributed by atoms with Crippen LogP contribution < -0.4 is 10.6 Å². The summed E-state index contributed by atoms with van der Waals surface area (Å²) in [6.45, 7) is 6.33.